The third-order valence-electron chi connectivity index (χ3n) is 1.94. The van der Waals surface area contributed by atoms with Gasteiger partial charge in [-0.3, -0.25) is 4.79 Å². The molecular formula is C10H6F3NO2. The molecule has 0 amide bonds. The lowest BCUT2D eigenvalue weighted by atomic mass is 9.97. The second kappa shape index (κ2) is 3.85. The van der Waals surface area contributed by atoms with E-state index in [0.717, 1.165) is 19.1 Å². The highest BCUT2D eigenvalue weighted by Crippen LogP contribution is 2.38. The van der Waals surface area contributed by atoms with Crippen LogP contribution in [0.15, 0.2) is 12.1 Å². The van der Waals surface area contributed by atoms with Crippen molar-refractivity contribution in [3.8, 4) is 11.8 Å². The molecule has 0 fully saturated rings. The molecule has 0 heterocycles. The number of aromatic hydroxyl groups is 1. The van der Waals surface area contributed by atoms with Gasteiger partial charge in [-0.05, 0) is 19.1 Å². The van der Waals surface area contributed by atoms with Crippen LogP contribution < -0.4 is 0 Å². The van der Waals surface area contributed by atoms with E-state index < -0.39 is 34.4 Å². The van der Waals surface area contributed by atoms with Crippen LogP contribution in [0.2, 0.25) is 0 Å². The molecule has 0 atom stereocenters. The molecule has 1 rings (SSSR count). The molecule has 0 saturated carbocycles. The summed E-state index contributed by atoms with van der Waals surface area (Å²) in [6, 6.07) is 3.06. The molecule has 84 valence electrons. The maximum atomic E-state index is 12.6. The van der Waals surface area contributed by atoms with E-state index in [-0.39, 0.29) is 0 Å². The molecule has 0 saturated heterocycles. The number of carbonyl (C=O) groups excluding carboxylic acids is 1. The van der Waals surface area contributed by atoms with Gasteiger partial charge in [-0.15, -0.1) is 0 Å². The monoisotopic (exact) mass is 229 g/mol. The summed E-state index contributed by atoms with van der Waals surface area (Å²) in [5.41, 5.74) is -2.94. The van der Waals surface area contributed by atoms with Crippen molar-refractivity contribution in [3.05, 3.63) is 28.8 Å². The number of carbonyl (C=O) groups is 1. The smallest absolute Gasteiger partial charge is 0.418 e. The van der Waals surface area contributed by atoms with Crippen LogP contribution in [0.5, 0.6) is 5.75 Å². The summed E-state index contributed by atoms with van der Waals surface area (Å²) in [7, 11) is 0. The minimum Gasteiger partial charge on any atom is -0.507 e. The molecular weight excluding hydrogens is 223 g/mol. The second-order valence-electron chi connectivity index (χ2n) is 3.05. The molecule has 0 aliphatic carbocycles. The lowest BCUT2D eigenvalue weighted by Gasteiger charge is -2.13. The Morgan fingerprint density at radius 2 is 2.00 bits per heavy atom. The number of phenols is 1. The summed E-state index contributed by atoms with van der Waals surface area (Å²) in [6.45, 7) is 0.894. The van der Waals surface area contributed by atoms with Crippen molar-refractivity contribution in [2.75, 3.05) is 0 Å². The number of nitrogens with zero attached hydrogens (tertiary/aromatic N) is 1. The fraction of sp³-hybridized carbons (Fsp3) is 0.200. The first kappa shape index (κ1) is 12.0. The molecule has 0 aliphatic heterocycles. The number of Topliss-reactive ketones (excluding diaryl/α,β-unsaturated/α-hetero) is 1. The van der Waals surface area contributed by atoms with Gasteiger partial charge in [0, 0.05) is 0 Å². The number of alkyl halides is 3. The maximum absolute atomic E-state index is 12.6. The topological polar surface area (TPSA) is 61.1 Å². The van der Waals surface area contributed by atoms with Gasteiger partial charge in [0.05, 0.1) is 22.8 Å². The average molecular weight is 229 g/mol. The second-order valence-corrected chi connectivity index (χ2v) is 3.05. The standard InChI is InChI=1S/C10H6F3NO2/c1-5(15)8-7(16)3-2-6(4-14)9(8)10(11,12)13/h2-3,16H,1H3. The van der Waals surface area contributed by atoms with Crippen molar-refractivity contribution in [2.45, 2.75) is 13.1 Å². The third-order valence-corrected chi connectivity index (χ3v) is 1.94. The van der Waals surface area contributed by atoms with E-state index in [2.05, 4.69) is 0 Å². The lowest BCUT2D eigenvalue weighted by Crippen LogP contribution is -2.14. The Morgan fingerprint density at radius 1 is 1.44 bits per heavy atom. The molecule has 3 nitrogen and oxygen atoms in total. The van der Waals surface area contributed by atoms with Gasteiger partial charge < -0.3 is 5.11 Å². The molecule has 1 aromatic carbocycles. The first-order chi connectivity index (χ1) is 7.29. The van der Waals surface area contributed by atoms with Crippen LogP contribution in [0.4, 0.5) is 13.2 Å². The number of nitriles is 1. The average Bonchev–Trinajstić information content (AvgIpc) is 2.15. The van der Waals surface area contributed by atoms with E-state index in [1.807, 2.05) is 0 Å². The quantitative estimate of drug-likeness (QED) is 0.752. The normalized spacial score (nSPS) is 10.9. The lowest BCUT2D eigenvalue weighted by molar-refractivity contribution is -0.138. The molecule has 0 radical (unpaired) electrons. The Balaban J connectivity index is 3.71. The van der Waals surface area contributed by atoms with Crippen LogP contribution in [-0.2, 0) is 6.18 Å². The number of benzene rings is 1. The van der Waals surface area contributed by atoms with Gasteiger partial charge >= 0.3 is 6.18 Å². The SMILES string of the molecule is CC(=O)c1c(O)ccc(C#N)c1C(F)(F)F. The first-order valence-corrected chi connectivity index (χ1v) is 4.13. The van der Waals surface area contributed by atoms with Gasteiger partial charge in [-0.2, -0.15) is 18.4 Å². The molecule has 0 aromatic heterocycles. The zero-order chi connectivity index (χ0) is 12.5. The van der Waals surface area contributed by atoms with E-state index >= 15 is 0 Å². The van der Waals surface area contributed by atoms with E-state index in [1.54, 1.807) is 0 Å². The van der Waals surface area contributed by atoms with E-state index in [4.69, 9.17) is 5.26 Å². The highest BCUT2D eigenvalue weighted by atomic mass is 19.4. The number of hydrogen-bond donors (Lipinski definition) is 1. The zero-order valence-corrected chi connectivity index (χ0v) is 8.09. The highest BCUT2D eigenvalue weighted by molar-refractivity contribution is 5.99. The van der Waals surface area contributed by atoms with Gasteiger partial charge in [0.2, 0.25) is 0 Å². The molecule has 0 bridgehead atoms. The maximum Gasteiger partial charge on any atom is 0.418 e. The largest absolute Gasteiger partial charge is 0.507 e. The van der Waals surface area contributed by atoms with Crippen molar-refractivity contribution < 1.29 is 23.1 Å². The van der Waals surface area contributed by atoms with Crippen LogP contribution in [-0.4, -0.2) is 10.9 Å². The molecule has 0 spiro atoms. The van der Waals surface area contributed by atoms with Crippen LogP contribution >= 0.6 is 0 Å². The van der Waals surface area contributed by atoms with Gasteiger partial charge in [0.25, 0.3) is 0 Å². The summed E-state index contributed by atoms with van der Waals surface area (Å²) in [5.74, 6) is -1.72. The van der Waals surface area contributed by atoms with Crippen molar-refractivity contribution in [1.29, 1.82) is 5.26 Å². The van der Waals surface area contributed by atoms with Crippen LogP contribution in [0, 0.1) is 11.3 Å². The Morgan fingerprint density at radius 3 is 2.38 bits per heavy atom. The summed E-state index contributed by atoms with van der Waals surface area (Å²) >= 11 is 0. The zero-order valence-electron chi connectivity index (χ0n) is 8.09. The van der Waals surface area contributed by atoms with Crippen molar-refractivity contribution in [1.82, 2.24) is 0 Å². The Bertz CT molecular complexity index is 486. The fourth-order valence-electron chi connectivity index (χ4n) is 1.34. The van der Waals surface area contributed by atoms with Crippen molar-refractivity contribution >= 4 is 5.78 Å². The molecule has 1 N–H and O–H groups in total. The van der Waals surface area contributed by atoms with Crippen LogP contribution in [0.1, 0.15) is 28.4 Å². The minimum absolute atomic E-state index is 0.685. The highest BCUT2D eigenvalue weighted by Gasteiger charge is 2.38. The Hall–Kier alpha value is -2.03. The fourth-order valence-corrected chi connectivity index (χ4v) is 1.34. The summed E-state index contributed by atoms with van der Waals surface area (Å²) in [4.78, 5) is 11.0. The van der Waals surface area contributed by atoms with Crippen molar-refractivity contribution in [2.24, 2.45) is 0 Å². The molecule has 0 unspecified atom stereocenters. The van der Waals surface area contributed by atoms with Crippen molar-refractivity contribution in [3.63, 3.8) is 0 Å². The number of ketones is 1. The van der Waals surface area contributed by atoms with Crippen LogP contribution in [0.3, 0.4) is 0 Å². The predicted octanol–water partition coefficient (Wildman–Crippen LogP) is 2.49. The Kier molecular flexibility index (Phi) is 2.90. The van der Waals surface area contributed by atoms with E-state index in [9.17, 15) is 23.1 Å². The Labute approximate surface area is 88.7 Å². The van der Waals surface area contributed by atoms with Crippen LogP contribution in [0.25, 0.3) is 0 Å². The number of halogens is 3. The van der Waals surface area contributed by atoms with E-state index in [0.29, 0.717) is 0 Å². The number of hydrogen-bond acceptors (Lipinski definition) is 3. The summed E-state index contributed by atoms with van der Waals surface area (Å²) in [6.07, 6.45) is -4.86. The van der Waals surface area contributed by atoms with Gasteiger partial charge in [0.15, 0.2) is 5.78 Å². The molecule has 16 heavy (non-hydrogen) atoms. The minimum atomic E-state index is -4.86. The van der Waals surface area contributed by atoms with Gasteiger partial charge in [-0.1, -0.05) is 0 Å². The summed E-state index contributed by atoms with van der Waals surface area (Å²) < 4.78 is 37.9. The molecule has 6 heteroatoms. The first-order valence-electron chi connectivity index (χ1n) is 4.13. The molecule has 0 aliphatic rings. The number of rotatable bonds is 1. The van der Waals surface area contributed by atoms with Gasteiger partial charge in [0.1, 0.15) is 5.75 Å². The van der Waals surface area contributed by atoms with E-state index in [1.165, 1.54) is 6.07 Å². The predicted molar refractivity (Wildman–Crippen MR) is 47.8 cm³/mol. The number of phenolic OH excluding ortho intramolecular Hbond substituents is 1. The molecule has 1 aromatic rings. The van der Waals surface area contributed by atoms with Gasteiger partial charge in [-0.25, -0.2) is 0 Å². The third kappa shape index (κ3) is 1.98. The summed E-state index contributed by atoms with van der Waals surface area (Å²) in [5, 5.41) is 17.8.